The maximum atomic E-state index is 14.2. The van der Waals surface area contributed by atoms with E-state index in [4.69, 9.17) is 11.6 Å². The topological polar surface area (TPSA) is 38.7 Å². The van der Waals surface area contributed by atoms with Crippen LogP contribution in [0.1, 0.15) is 17.7 Å². The molecule has 2 heterocycles. The normalized spacial score (nSPS) is 12.9. The minimum Gasteiger partial charge on any atom is -0.247 e. The molecule has 3 aromatic rings. The summed E-state index contributed by atoms with van der Waals surface area (Å²) in [6, 6.07) is 4.71. The maximum Gasteiger partial charge on any atom is 0.182 e. The van der Waals surface area contributed by atoms with E-state index in [0.29, 0.717) is 23.4 Å². The molecule has 0 atom stereocenters. The molecule has 130 valence electrons. The Morgan fingerprint density at radius 3 is 2.58 bits per heavy atom. The number of nitrogens with zero attached hydrogens (tertiary/aromatic N) is 3. The van der Waals surface area contributed by atoms with Gasteiger partial charge in [0, 0.05) is 17.2 Å². The second-order valence-corrected chi connectivity index (χ2v) is 6.21. The number of hydrogen-bond donors (Lipinski definition) is 0. The summed E-state index contributed by atoms with van der Waals surface area (Å²) < 4.78 is 40.7. The van der Waals surface area contributed by atoms with Gasteiger partial charge in [0.05, 0.1) is 22.6 Å². The number of rotatable bonds is 2. The summed E-state index contributed by atoms with van der Waals surface area (Å²) in [5, 5.41) is 0.184. The van der Waals surface area contributed by atoms with E-state index in [0.717, 1.165) is 24.2 Å². The van der Waals surface area contributed by atoms with Crippen LogP contribution in [0, 0.1) is 17.5 Å². The molecular formula is C19H11ClF3N3. The van der Waals surface area contributed by atoms with E-state index in [9.17, 15) is 13.2 Å². The van der Waals surface area contributed by atoms with Crippen molar-refractivity contribution in [1.29, 1.82) is 0 Å². The first-order chi connectivity index (χ1) is 12.5. The first-order valence-electron chi connectivity index (χ1n) is 7.87. The van der Waals surface area contributed by atoms with E-state index in [1.807, 2.05) is 12.2 Å². The number of hydrogen-bond acceptors (Lipinski definition) is 3. The highest BCUT2D eigenvalue weighted by Gasteiger charge is 2.21. The van der Waals surface area contributed by atoms with Gasteiger partial charge in [-0.1, -0.05) is 23.8 Å². The SMILES string of the molecule is Fc1cnc(-c2nc3c(c(-c4ccc(F)cc4Cl)n2)C=CCC3)c(F)c1. The minimum absolute atomic E-state index is 0.0342. The first kappa shape index (κ1) is 16.7. The number of benzene rings is 1. The van der Waals surface area contributed by atoms with Crippen LogP contribution < -0.4 is 0 Å². The lowest BCUT2D eigenvalue weighted by atomic mass is 9.97. The quantitative estimate of drug-likeness (QED) is 0.617. The van der Waals surface area contributed by atoms with Crippen LogP contribution in [0.25, 0.3) is 28.9 Å². The first-order valence-corrected chi connectivity index (χ1v) is 8.25. The number of allylic oxidation sites excluding steroid dienone is 1. The van der Waals surface area contributed by atoms with Crippen LogP contribution in [0.15, 0.2) is 36.5 Å². The van der Waals surface area contributed by atoms with Gasteiger partial charge in [0.25, 0.3) is 0 Å². The van der Waals surface area contributed by atoms with Crippen molar-refractivity contribution >= 4 is 17.7 Å². The average Bonchev–Trinajstić information content (AvgIpc) is 2.61. The zero-order valence-electron chi connectivity index (χ0n) is 13.3. The third-order valence-electron chi connectivity index (χ3n) is 4.06. The third-order valence-corrected chi connectivity index (χ3v) is 4.38. The molecule has 26 heavy (non-hydrogen) atoms. The van der Waals surface area contributed by atoms with E-state index in [1.165, 1.54) is 18.2 Å². The lowest BCUT2D eigenvalue weighted by molar-refractivity contribution is 0.575. The van der Waals surface area contributed by atoms with E-state index in [1.54, 1.807) is 0 Å². The van der Waals surface area contributed by atoms with E-state index in [2.05, 4.69) is 15.0 Å². The maximum absolute atomic E-state index is 14.2. The molecule has 7 heteroatoms. The summed E-state index contributed by atoms with van der Waals surface area (Å²) in [5.74, 6) is -2.07. The molecule has 0 fully saturated rings. The Morgan fingerprint density at radius 1 is 0.962 bits per heavy atom. The number of aryl methyl sites for hydroxylation is 1. The van der Waals surface area contributed by atoms with Gasteiger partial charge in [0.2, 0.25) is 0 Å². The Bertz CT molecular complexity index is 1050. The summed E-state index contributed by atoms with van der Waals surface area (Å²) in [7, 11) is 0. The van der Waals surface area contributed by atoms with Gasteiger partial charge in [0.1, 0.15) is 17.3 Å². The van der Waals surface area contributed by atoms with Crippen LogP contribution in [0.5, 0.6) is 0 Å². The minimum atomic E-state index is -0.854. The molecule has 0 radical (unpaired) electrons. The van der Waals surface area contributed by atoms with Gasteiger partial charge in [-0.2, -0.15) is 0 Å². The summed E-state index contributed by atoms with van der Waals surface area (Å²) in [4.78, 5) is 12.6. The molecular weight excluding hydrogens is 363 g/mol. The van der Waals surface area contributed by atoms with Crippen LogP contribution in [0.3, 0.4) is 0 Å². The molecule has 2 aromatic heterocycles. The molecule has 0 N–H and O–H groups in total. The third kappa shape index (κ3) is 2.97. The number of fused-ring (bicyclic) bond motifs is 1. The fourth-order valence-corrected chi connectivity index (χ4v) is 3.13. The van der Waals surface area contributed by atoms with E-state index in [-0.39, 0.29) is 16.5 Å². The number of aromatic nitrogens is 3. The Kier molecular flexibility index (Phi) is 4.20. The van der Waals surface area contributed by atoms with Crippen molar-refractivity contribution in [2.75, 3.05) is 0 Å². The Hall–Kier alpha value is -2.73. The van der Waals surface area contributed by atoms with Crippen molar-refractivity contribution < 1.29 is 13.2 Å². The Labute approximate surface area is 152 Å². The van der Waals surface area contributed by atoms with Crippen LogP contribution >= 0.6 is 11.6 Å². The molecule has 0 saturated carbocycles. The highest BCUT2D eigenvalue weighted by Crippen LogP contribution is 2.35. The second-order valence-electron chi connectivity index (χ2n) is 5.81. The van der Waals surface area contributed by atoms with Crippen LogP contribution in [0.2, 0.25) is 5.02 Å². The van der Waals surface area contributed by atoms with Gasteiger partial charge in [0.15, 0.2) is 11.6 Å². The van der Waals surface area contributed by atoms with Gasteiger partial charge < -0.3 is 0 Å². The monoisotopic (exact) mass is 373 g/mol. The summed E-state index contributed by atoms with van der Waals surface area (Å²) in [6.07, 6.45) is 6.16. The Balaban J connectivity index is 1.97. The molecule has 0 amide bonds. The van der Waals surface area contributed by atoms with Crippen LogP contribution in [0.4, 0.5) is 13.2 Å². The summed E-state index contributed by atoms with van der Waals surface area (Å²) in [5.41, 5.74) is 2.26. The van der Waals surface area contributed by atoms with Gasteiger partial charge in [-0.25, -0.2) is 28.1 Å². The van der Waals surface area contributed by atoms with Crippen LogP contribution in [-0.2, 0) is 6.42 Å². The molecule has 1 aliphatic carbocycles. The molecule has 0 aliphatic heterocycles. The molecule has 4 rings (SSSR count). The zero-order valence-corrected chi connectivity index (χ0v) is 14.1. The van der Waals surface area contributed by atoms with Gasteiger partial charge in [-0.05, 0) is 31.0 Å². The molecule has 1 aromatic carbocycles. The summed E-state index contributed by atoms with van der Waals surface area (Å²) in [6.45, 7) is 0. The van der Waals surface area contributed by atoms with Crippen molar-refractivity contribution in [3.8, 4) is 22.8 Å². The van der Waals surface area contributed by atoms with Crippen molar-refractivity contribution in [3.63, 3.8) is 0 Å². The molecule has 1 aliphatic rings. The predicted molar refractivity (Wildman–Crippen MR) is 92.9 cm³/mol. The van der Waals surface area contributed by atoms with Gasteiger partial charge >= 0.3 is 0 Å². The van der Waals surface area contributed by atoms with Crippen molar-refractivity contribution in [2.45, 2.75) is 12.8 Å². The second kappa shape index (κ2) is 6.53. The zero-order chi connectivity index (χ0) is 18.3. The van der Waals surface area contributed by atoms with E-state index >= 15 is 0 Å². The molecule has 0 unspecified atom stereocenters. The smallest absolute Gasteiger partial charge is 0.182 e. The summed E-state index contributed by atoms with van der Waals surface area (Å²) >= 11 is 6.19. The number of pyridine rings is 1. The molecule has 3 nitrogen and oxygen atoms in total. The average molecular weight is 374 g/mol. The standard InChI is InChI=1S/C19H11ClF3N3/c20-14-7-10(21)5-6-12(14)17-13-3-1-2-4-16(13)25-19(26-17)18-15(23)8-11(22)9-24-18/h1,3,5-9H,2,4H2. The van der Waals surface area contributed by atoms with Crippen molar-refractivity contribution in [2.24, 2.45) is 0 Å². The van der Waals surface area contributed by atoms with Gasteiger partial charge in [-0.15, -0.1) is 0 Å². The molecule has 0 bridgehead atoms. The molecule has 0 saturated heterocycles. The fourth-order valence-electron chi connectivity index (χ4n) is 2.87. The van der Waals surface area contributed by atoms with Crippen LogP contribution in [-0.4, -0.2) is 15.0 Å². The highest BCUT2D eigenvalue weighted by molar-refractivity contribution is 6.33. The van der Waals surface area contributed by atoms with Gasteiger partial charge in [-0.3, -0.25) is 0 Å². The highest BCUT2D eigenvalue weighted by atomic mass is 35.5. The van der Waals surface area contributed by atoms with E-state index < -0.39 is 17.5 Å². The largest absolute Gasteiger partial charge is 0.247 e. The van der Waals surface area contributed by atoms with Crippen molar-refractivity contribution in [3.05, 3.63) is 70.3 Å². The lowest BCUT2D eigenvalue weighted by Crippen LogP contribution is -2.07. The fraction of sp³-hybridized carbons (Fsp3) is 0.105. The number of halogens is 4. The predicted octanol–water partition coefficient (Wildman–Crippen LogP) is 5.24. The molecule has 0 spiro atoms. The Morgan fingerprint density at radius 2 is 1.81 bits per heavy atom. The lowest BCUT2D eigenvalue weighted by Gasteiger charge is -2.16. The van der Waals surface area contributed by atoms with Crippen molar-refractivity contribution in [1.82, 2.24) is 15.0 Å².